The Hall–Kier alpha value is -0.990. The van der Waals surface area contributed by atoms with Crippen LogP contribution in [0.3, 0.4) is 0 Å². The summed E-state index contributed by atoms with van der Waals surface area (Å²) in [6.07, 6.45) is 2.30. The van der Waals surface area contributed by atoms with E-state index in [1.54, 1.807) is 6.08 Å². The second-order valence-electron chi connectivity index (χ2n) is 1.75. The summed E-state index contributed by atoms with van der Waals surface area (Å²) in [5, 5.41) is 0. The van der Waals surface area contributed by atoms with Gasteiger partial charge in [-0.25, -0.2) is 14.4 Å². The van der Waals surface area contributed by atoms with E-state index < -0.39 is 6.17 Å². The molecule has 0 aromatic rings. The first-order chi connectivity index (χ1) is 4.33. The van der Waals surface area contributed by atoms with Crippen molar-refractivity contribution >= 4 is 12.9 Å². The first-order valence-electron chi connectivity index (χ1n) is 2.68. The van der Waals surface area contributed by atoms with Gasteiger partial charge in [0, 0.05) is 12.6 Å². The molecule has 0 spiro atoms. The number of alkyl halides is 1. The number of hydrogen-bond acceptors (Lipinski definition) is 2. The first-order valence-corrected chi connectivity index (χ1v) is 2.68. The van der Waals surface area contributed by atoms with Crippen LogP contribution in [0.25, 0.3) is 0 Å². The molecular weight excluding hydrogens is 119 g/mol. The van der Waals surface area contributed by atoms with Crippen molar-refractivity contribution in [3.63, 3.8) is 0 Å². The Bertz CT molecular complexity index is 172. The lowest BCUT2D eigenvalue weighted by atomic mass is 10.2. The van der Waals surface area contributed by atoms with Crippen molar-refractivity contribution in [2.45, 2.75) is 12.6 Å². The van der Waals surface area contributed by atoms with Gasteiger partial charge in [-0.15, -0.1) is 0 Å². The molecule has 1 aliphatic heterocycles. The molecule has 3 heteroatoms. The van der Waals surface area contributed by atoms with Crippen molar-refractivity contribution in [3.8, 4) is 0 Å². The Kier molecular flexibility index (Phi) is 1.72. The average Bonchev–Trinajstić information content (AvgIpc) is 1.90. The van der Waals surface area contributed by atoms with Gasteiger partial charge < -0.3 is 0 Å². The zero-order valence-corrected chi connectivity index (χ0v) is 4.92. The van der Waals surface area contributed by atoms with Gasteiger partial charge in [0.05, 0.1) is 0 Å². The molecule has 48 valence electrons. The molecule has 0 amide bonds. The van der Waals surface area contributed by atoms with Gasteiger partial charge in [0.2, 0.25) is 0 Å². The first kappa shape index (κ1) is 6.13. The fourth-order valence-electron chi connectivity index (χ4n) is 0.594. The predicted molar refractivity (Wildman–Crippen MR) is 35.6 cm³/mol. The minimum Gasteiger partial charge on any atom is -0.245 e. The van der Waals surface area contributed by atoms with E-state index in [0.29, 0.717) is 12.2 Å². The van der Waals surface area contributed by atoms with Gasteiger partial charge in [-0.3, -0.25) is 0 Å². The van der Waals surface area contributed by atoms with Crippen LogP contribution in [-0.2, 0) is 0 Å². The monoisotopic (exact) mass is 126 g/mol. The Morgan fingerprint density at radius 2 is 2.67 bits per heavy atom. The molecule has 1 atom stereocenters. The lowest BCUT2D eigenvalue weighted by molar-refractivity contribution is 0.430. The summed E-state index contributed by atoms with van der Waals surface area (Å²) in [5.74, 6) is 0.518. The highest BCUT2D eigenvalue weighted by Crippen LogP contribution is 2.09. The van der Waals surface area contributed by atoms with E-state index in [2.05, 4.69) is 16.7 Å². The Morgan fingerprint density at radius 1 is 1.89 bits per heavy atom. The number of hydrogen-bond donors (Lipinski definition) is 0. The Balaban J connectivity index is 2.62. The van der Waals surface area contributed by atoms with Crippen LogP contribution in [0.15, 0.2) is 21.9 Å². The topological polar surface area (TPSA) is 24.7 Å². The van der Waals surface area contributed by atoms with Crippen molar-refractivity contribution in [1.29, 1.82) is 0 Å². The Labute approximate surface area is 52.8 Å². The van der Waals surface area contributed by atoms with Gasteiger partial charge in [-0.05, 0) is 12.8 Å². The van der Waals surface area contributed by atoms with Gasteiger partial charge in [0.25, 0.3) is 0 Å². The number of aliphatic imine (C=N–C) groups is 2. The van der Waals surface area contributed by atoms with E-state index in [-0.39, 0.29) is 0 Å². The molecule has 0 aliphatic carbocycles. The third-order valence-corrected chi connectivity index (χ3v) is 1.06. The van der Waals surface area contributed by atoms with Crippen LogP contribution in [0, 0.1) is 0 Å². The molecule has 1 aliphatic rings. The molecule has 1 rings (SSSR count). The number of rotatable bonds is 1. The van der Waals surface area contributed by atoms with Crippen LogP contribution in [0.4, 0.5) is 4.39 Å². The second-order valence-corrected chi connectivity index (χ2v) is 1.75. The van der Waals surface area contributed by atoms with E-state index in [1.807, 2.05) is 0 Å². The third kappa shape index (κ3) is 1.45. The van der Waals surface area contributed by atoms with Gasteiger partial charge in [-0.2, -0.15) is 0 Å². The minimum absolute atomic E-state index is 0.373. The molecular formula is C6H7FN2. The van der Waals surface area contributed by atoms with Crippen LogP contribution in [0.5, 0.6) is 0 Å². The summed E-state index contributed by atoms with van der Waals surface area (Å²) >= 11 is 0. The lowest BCUT2D eigenvalue weighted by Crippen LogP contribution is -2.03. The largest absolute Gasteiger partial charge is 0.245 e. The third-order valence-electron chi connectivity index (χ3n) is 1.06. The van der Waals surface area contributed by atoms with E-state index >= 15 is 0 Å². The van der Waals surface area contributed by atoms with Crippen LogP contribution in [0.2, 0.25) is 0 Å². The van der Waals surface area contributed by atoms with Gasteiger partial charge in [0.15, 0.2) is 0 Å². The number of allylic oxidation sites excluding steroid dienone is 1. The molecule has 0 fully saturated rings. The Morgan fingerprint density at radius 3 is 3.11 bits per heavy atom. The van der Waals surface area contributed by atoms with Crippen LogP contribution in [-0.4, -0.2) is 19.1 Å². The summed E-state index contributed by atoms with van der Waals surface area (Å²) in [6, 6.07) is 0. The van der Waals surface area contributed by atoms with Crippen molar-refractivity contribution < 1.29 is 4.39 Å². The molecule has 0 saturated heterocycles. The van der Waals surface area contributed by atoms with Gasteiger partial charge in [0.1, 0.15) is 12.0 Å². The summed E-state index contributed by atoms with van der Waals surface area (Å²) in [5.41, 5.74) is 0. The highest BCUT2D eigenvalue weighted by molar-refractivity contribution is 5.66. The van der Waals surface area contributed by atoms with Crippen LogP contribution < -0.4 is 0 Å². The van der Waals surface area contributed by atoms with E-state index in [9.17, 15) is 4.39 Å². The highest BCUT2D eigenvalue weighted by atomic mass is 19.1. The summed E-state index contributed by atoms with van der Waals surface area (Å²) in [7, 11) is 0. The SMILES string of the molecule is C=NC1=CCC(F)C=N1. The van der Waals surface area contributed by atoms with Crippen LogP contribution >= 0.6 is 0 Å². The maximum absolute atomic E-state index is 12.2. The zero-order valence-electron chi connectivity index (χ0n) is 4.92. The highest BCUT2D eigenvalue weighted by Gasteiger charge is 2.05. The molecule has 2 nitrogen and oxygen atoms in total. The number of halogens is 1. The van der Waals surface area contributed by atoms with Crippen molar-refractivity contribution in [3.05, 3.63) is 11.9 Å². The predicted octanol–water partition coefficient (Wildman–Crippen LogP) is 1.34. The zero-order chi connectivity index (χ0) is 6.69. The van der Waals surface area contributed by atoms with Crippen molar-refractivity contribution in [2.75, 3.05) is 0 Å². The summed E-state index contributed by atoms with van der Waals surface area (Å²) in [4.78, 5) is 7.19. The maximum Gasteiger partial charge on any atom is 0.146 e. The molecule has 0 saturated carbocycles. The number of nitrogens with zero attached hydrogens (tertiary/aromatic N) is 2. The fourth-order valence-corrected chi connectivity index (χ4v) is 0.594. The molecule has 0 N–H and O–H groups in total. The fraction of sp³-hybridized carbons (Fsp3) is 0.333. The molecule has 0 bridgehead atoms. The van der Waals surface area contributed by atoms with E-state index in [0.717, 1.165) is 0 Å². The molecule has 0 aromatic carbocycles. The quantitative estimate of drug-likeness (QED) is 0.474. The molecule has 0 radical (unpaired) electrons. The molecule has 0 aromatic heterocycles. The molecule has 1 heterocycles. The van der Waals surface area contributed by atoms with Crippen molar-refractivity contribution in [1.82, 2.24) is 0 Å². The standard InChI is InChI=1S/C6H7FN2/c1-8-6-3-2-5(7)4-9-6/h3-5H,1-2H2. The average molecular weight is 126 g/mol. The van der Waals surface area contributed by atoms with E-state index in [4.69, 9.17) is 0 Å². The molecule has 9 heavy (non-hydrogen) atoms. The van der Waals surface area contributed by atoms with Gasteiger partial charge >= 0.3 is 0 Å². The second kappa shape index (κ2) is 2.53. The minimum atomic E-state index is -0.935. The van der Waals surface area contributed by atoms with Crippen LogP contribution in [0.1, 0.15) is 6.42 Å². The lowest BCUT2D eigenvalue weighted by Gasteiger charge is -2.02. The summed E-state index contributed by atoms with van der Waals surface area (Å²) in [6.45, 7) is 3.25. The maximum atomic E-state index is 12.2. The normalized spacial score (nSPS) is 25.4. The summed E-state index contributed by atoms with van der Waals surface area (Å²) < 4.78 is 12.2. The van der Waals surface area contributed by atoms with E-state index in [1.165, 1.54) is 6.21 Å². The van der Waals surface area contributed by atoms with Crippen molar-refractivity contribution in [2.24, 2.45) is 9.98 Å². The van der Waals surface area contributed by atoms with Gasteiger partial charge in [-0.1, -0.05) is 0 Å². The molecule has 1 unspecified atom stereocenters. The smallest absolute Gasteiger partial charge is 0.146 e.